The van der Waals surface area contributed by atoms with Crippen molar-refractivity contribution >= 4 is 10.0 Å². The number of nitrogens with zero attached hydrogens (tertiary/aromatic N) is 3. The van der Waals surface area contributed by atoms with Gasteiger partial charge in [0.15, 0.2) is 5.03 Å². The molecule has 0 bridgehead atoms. The lowest BCUT2D eigenvalue weighted by Crippen LogP contribution is -2.48. The van der Waals surface area contributed by atoms with Gasteiger partial charge in [-0.1, -0.05) is 6.92 Å². The van der Waals surface area contributed by atoms with Gasteiger partial charge in [-0.25, -0.2) is 13.4 Å². The zero-order valence-corrected chi connectivity index (χ0v) is 13.1. The minimum Gasteiger partial charge on any atom is -0.336 e. The van der Waals surface area contributed by atoms with Crippen molar-refractivity contribution in [2.24, 2.45) is 0 Å². The van der Waals surface area contributed by atoms with Crippen LogP contribution in [0.1, 0.15) is 33.1 Å². The number of imidazole rings is 1. The summed E-state index contributed by atoms with van der Waals surface area (Å²) in [6.45, 7) is 6.94. The van der Waals surface area contributed by atoms with Crippen LogP contribution in [0.5, 0.6) is 0 Å². The van der Waals surface area contributed by atoms with Crippen LogP contribution in [0.15, 0.2) is 17.6 Å². The van der Waals surface area contributed by atoms with Gasteiger partial charge in [0.2, 0.25) is 0 Å². The Balaban J connectivity index is 2.26. The third-order valence-electron chi connectivity index (χ3n) is 3.67. The molecule has 1 aliphatic heterocycles. The topological polar surface area (TPSA) is 67.2 Å². The highest BCUT2D eigenvalue weighted by Gasteiger charge is 2.33. The number of hydrogen-bond acceptors (Lipinski definition) is 4. The molecule has 1 saturated heterocycles. The van der Waals surface area contributed by atoms with Crippen molar-refractivity contribution in [2.75, 3.05) is 19.6 Å². The molecule has 0 radical (unpaired) electrons. The van der Waals surface area contributed by atoms with E-state index in [1.54, 1.807) is 21.4 Å². The molecule has 1 aromatic heterocycles. The molecule has 1 aromatic rings. The summed E-state index contributed by atoms with van der Waals surface area (Å²) < 4.78 is 29.0. The van der Waals surface area contributed by atoms with E-state index in [4.69, 9.17) is 0 Å². The van der Waals surface area contributed by atoms with Gasteiger partial charge in [-0.05, 0) is 32.7 Å². The quantitative estimate of drug-likeness (QED) is 0.853. The molecule has 0 saturated carbocycles. The smallest absolute Gasteiger partial charge is 0.262 e. The third-order valence-corrected chi connectivity index (χ3v) is 5.51. The van der Waals surface area contributed by atoms with Gasteiger partial charge < -0.3 is 9.88 Å². The summed E-state index contributed by atoms with van der Waals surface area (Å²) in [6.07, 6.45) is 5.94. The van der Waals surface area contributed by atoms with Crippen LogP contribution in [0.3, 0.4) is 0 Å². The Bertz CT molecular complexity index is 520. The third kappa shape index (κ3) is 3.21. The lowest BCUT2D eigenvalue weighted by atomic mass is 10.1. The van der Waals surface area contributed by atoms with Crippen LogP contribution in [-0.4, -0.2) is 48.0 Å². The van der Waals surface area contributed by atoms with Crippen molar-refractivity contribution in [1.82, 2.24) is 19.2 Å². The molecule has 2 heterocycles. The maximum Gasteiger partial charge on any atom is 0.262 e. The zero-order chi connectivity index (χ0) is 14.6. The highest BCUT2D eigenvalue weighted by Crippen LogP contribution is 2.20. The first-order chi connectivity index (χ1) is 9.59. The van der Waals surface area contributed by atoms with Crippen molar-refractivity contribution in [3.63, 3.8) is 0 Å². The van der Waals surface area contributed by atoms with Crippen molar-refractivity contribution < 1.29 is 8.42 Å². The summed E-state index contributed by atoms with van der Waals surface area (Å²) in [5.74, 6) is 0. The van der Waals surface area contributed by atoms with Gasteiger partial charge in [0.1, 0.15) is 0 Å². The molecule has 20 heavy (non-hydrogen) atoms. The Labute approximate surface area is 121 Å². The summed E-state index contributed by atoms with van der Waals surface area (Å²) in [4.78, 5) is 4.07. The molecule has 114 valence electrons. The van der Waals surface area contributed by atoms with Gasteiger partial charge in [0, 0.05) is 31.9 Å². The average molecular weight is 300 g/mol. The van der Waals surface area contributed by atoms with E-state index in [0.717, 1.165) is 38.9 Å². The monoisotopic (exact) mass is 300 g/mol. The molecule has 0 aromatic carbocycles. The molecular formula is C13H24N4O2S. The highest BCUT2D eigenvalue weighted by molar-refractivity contribution is 7.89. The number of nitrogens with one attached hydrogen (secondary N) is 1. The van der Waals surface area contributed by atoms with Gasteiger partial charge in [0.25, 0.3) is 10.0 Å². The van der Waals surface area contributed by atoms with E-state index < -0.39 is 10.0 Å². The van der Waals surface area contributed by atoms with E-state index in [0.29, 0.717) is 6.54 Å². The molecule has 0 aliphatic carbocycles. The molecule has 1 N–H and O–H groups in total. The Hall–Kier alpha value is -0.920. The largest absolute Gasteiger partial charge is 0.336 e. The van der Waals surface area contributed by atoms with Gasteiger partial charge in [-0.15, -0.1) is 0 Å². The standard InChI is InChI=1S/C13H24N4O2S/c1-3-8-17(12-6-5-7-14-9-12)20(18,19)13-10-16(4-2)11-15-13/h10-12,14H,3-9H2,1-2H3. The van der Waals surface area contributed by atoms with Crippen LogP contribution in [0.2, 0.25) is 0 Å². The van der Waals surface area contributed by atoms with Crippen molar-refractivity contribution in [3.8, 4) is 0 Å². The Morgan fingerprint density at radius 3 is 2.85 bits per heavy atom. The second-order valence-corrected chi connectivity index (χ2v) is 7.00. The zero-order valence-electron chi connectivity index (χ0n) is 12.2. The van der Waals surface area contributed by atoms with Crippen molar-refractivity contribution in [1.29, 1.82) is 0 Å². The summed E-state index contributed by atoms with van der Waals surface area (Å²) in [7, 11) is -3.49. The Morgan fingerprint density at radius 2 is 2.30 bits per heavy atom. The molecule has 7 heteroatoms. The lowest BCUT2D eigenvalue weighted by Gasteiger charge is -2.33. The molecular weight excluding hydrogens is 276 g/mol. The van der Waals surface area contributed by atoms with E-state index in [1.165, 1.54) is 0 Å². The van der Waals surface area contributed by atoms with Crippen LogP contribution in [0.25, 0.3) is 0 Å². The highest BCUT2D eigenvalue weighted by atomic mass is 32.2. The number of rotatable bonds is 6. The lowest BCUT2D eigenvalue weighted by molar-refractivity contribution is 0.265. The van der Waals surface area contributed by atoms with Crippen LogP contribution >= 0.6 is 0 Å². The minimum atomic E-state index is -3.49. The number of piperidine rings is 1. The van der Waals surface area contributed by atoms with Gasteiger partial charge in [0.05, 0.1) is 6.33 Å². The first kappa shape index (κ1) is 15.5. The van der Waals surface area contributed by atoms with Gasteiger partial charge in [-0.3, -0.25) is 0 Å². The fourth-order valence-corrected chi connectivity index (χ4v) is 4.25. The molecule has 2 rings (SSSR count). The fourth-order valence-electron chi connectivity index (χ4n) is 2.56. The minimum absolute atomic E-state index is 0.0421. The van der Waals surface area contributed by atoms with E-state index in [1.807, 2.05) is 13.8 Å². The molecule has 1 aliphatic rings. The summed E-state index contributed by atoms with van der Waals surface area (Å²) >= 11 is 0. The molecule has 1 atom stereocenters. The maximum absolute atomic E-state index is 12.8. The molecule has 1 fully saturated rings. The maximum atomic E-state index is 12.8. The fraction of sp³-hybridized carbons (Fsp3) is 0.769. The van der Waals surface area contributed by atoms with Crippen molar-refractivity contribution in [2.45, 2.75) is 50.7 Å². The number of sulfonamides is 1. The second kappa shape index (κ2) is 6.69. The SMILES string of the molecule is CCCN(C1CCCNC1)S(=O)(=O)c1cn(CC)cn1. The Morgan fingerprint density at radius 1 is 1.50 bits per heavy atom. The number of aryl methyl sites for hydroxylation is 1. The normalized spacial score (nSPS) is 20.4. The average Bonchev–Trinajstić information content (AvgIpc) is 2.95. The van der Waals surface area contributed by atoms with Crippen molar-refractivity contribution in [3.05, 3.63) is 12.5 Å². The summed E-state index contributed by atoms with van der Waals surface area (Å²) in [6, 6.07) is 0.0421. The number of hydrogen-bond donors (Lipinski definition) is 1. The van der Waals surface area contributed by atoms with Crippen LogP contribution < -0.4 is 5.32 Å². The van der Waals surface area contributed by atoms with Gasteiger partial charge in [-0.2, -0.15) is 4.31 Å². The summed E-state index contributed by atoms with van der Waals surface area (Å²) in [5, 5.41) is 3.45. The van der Waals surface area contributed by atoms with Crippen LogP contribution in [-0.2, 0) is 16.6 Å². The predicted octanol–water partition coefficient (Wildman–Crippen LogP) is 1.06. The van der Waals surface area contributed by atoms with Crippen LogP contribution in [0.4, 0.5) is 0 Å². The van der Waals surface area contributed by atoms with E-state index in [-0.39, 0.29) is 11.1 Å². The molecule has 1 unspecified atom stereocenters. The van der Waals surface area contributed by atoms with E-state index in [2.05, 4.69) is 10.3 Å². The van der Waals surface area contributed by atoms with Gasteiger partial charge >= 0.3 is 0 Å². The predicted molar refractivity (Wildman–Crippen MR) is 78.0 cm³/mol. The van der Waals surface area contributed by atoms with Crippen LogP contribution in [0, 0.1) is 0 Å². The Kier molecular flexibility index (Phi) is 5.17. The molecule has 0 amide bonds. The van der Waals surface area contributed by atoms with E-state index >= 15 is 0 Å². The number of aromatic nitrogens is 2. The first-order valence-electron chi connectivity index (χ1n) is 7.34. The molecule has 0 spiro atoms. The summed E-state index contributed by atoms with van der Waals surface area (Å²) in [5.41, 5.74) is 0. The molecule has 6 nitrogen and oxygen atoms in total. The second-order valence-electron chi connectivity index (χ2n) is 5.16. The van der Waals surface area contributed by atoms with E-state index in [9.17, 15) is 8.42 Å². The first-order valence-corrected chi connectivity index (χ1v) is 8.78.